The predicted octanol–water partition coefficient (Wildman–Crippen LogP) is 2.88. The lowest BCUT2D eigenvalue weighted by Crippen LogP contribution is -2.41. The van der Waals surface area contributed by atoms with Crippen LogP contribution in [0.1, 0.15) is 30.1 Å². The standard InChI is InChI=1S/C22H27N7O2/c1-14-11-15(2)24-22(23-14)29-10-4-5-17(12-29)21(30)25-18-8-6-16(7-9-18)20-26-19(13-31-3)27-28-20/h6-9,11,17H,4-5,10,12-13H2,1-3H3,(H,25,30)(H,26,27,28)/t17-/m1/s1. The molecule has 2 N–H and O–H groups in total. The Balaban J connectivity index is 1.39. The summed E-state index contributed by atoms with van der Waals surface area (Å²) >= 11 is 0. The number of piperidine rings is 1. The van der Waals surface area contributed by atoms with Crippen LogP contribution in [0.15, 0.2) is 30.3 Å². The van der Waals surface area contributed by atoms with Crippen molar-refractivity contribution < 1.29 is 9.53 Å². The second-order valence-electron chi connectivity index (χ2n) is 7.84. The topological polar surface area (TPSA) is 109 Å². The fourth-order valence-corrected chi connectivity index (χ4v) is 3.79. The van der Waals surface area contributed by atoms with Crippen LogP contribution >= 0.6 is 0 Å². The van der Waals surface area contributed by atoms with E-state index in [0.29, 0.717) is 30.7 Å². The third-order valence-corrected chi connectivity index (χ3v) is 5.27. The number of ether oxygens (including phenoxy) is 1. The van der Waals surface area contributed by atoms with Crippen LogP contribution in [0.4, 0.5) is 11.6 Å². The van der Waals surface area contributed by atoms with Gasteiger partial charge in [0.15, 0.2) is 11.6 Å². The second-order valence-corrected chi connectivity index (χ2v) is 7.84. The van der Waals surface area contributed by atoms with Gasteiger partial charge in [-0.05, 0) is 57.0 Å². The van der Waals surface area contributed by atoms with Crippen LogP contribution in [0.5, 0.6) is 0 Å². The molecule has 0 radical (unpaired) electrons. The fourth-order valence-electron chi connectivity index (χ4n) is 3.79. The number of carbonyl (C=O) groups excluding carboxylic acids is 1. The van der Waals surface area contributed by atoms with E-state index in [4.69, 9.17) is 4.74 Å². The number of rotatable bonds is 6. The van der Waals surface area contributed by atoms with Gasteiger partial charge in [-0.1, -0.05) is 0 Å². The smallest absolute Gasteiger partial charge is 0.229 e. The van der Waals surface area contributed by atoms with E-state index in [1.54, 1.807) is 7.11 Å². The number of anilines is 2. The molecule has 1 amide bonds. The van der Waals surface area contributed by atoms with E-state index in [0.717, 1.165) is 42.0 Å². The van der Waals surface area contributed by atoms with E-state index in [2.05, 4.69) is 35.4 Å². The Labute approximate surface area is 181 Å². The molecule has 1 saturated heterocycles. The Bertz CT molecular complexity index is 1030. The molecule has 1 fully saturated rings. The van der Waals surface area contributed by atoms with E-state index in [9.17, 15) is 4.79 Å². The molecule has 9 nitrogen and oxygen atoms in total. The summed E-state index contributed by atoms with van der Waals surface area (Å²) in [5.74, 6) is 1.88. The summed E-state index contributed by atoms with van der Waals surface area (Å²) in [4.78, 5) is 28.5. The fraction of sp³-hybridized carbons (Fsp3) is 0.409. The zero-order chi connectivity index (χ0) is 21.8. The highest BCUT2D eigenvalue weighted by Gasteiger charge is 2.27. The molecule has 4 rings (SSSR count). The number of carbonyl (C=O) groups is 1. The maximum Gasteiger partial charge on any atom is 0.229 e. The number of aryl methyl sites for hydroxylation is 2. The summed E-state index contributed by atoms with van der Waals surface area (Å²) in [5.41, 5.74) is 3.50. The lowest BCUT2D eigenvalue weighted by atomic mass is 9.97. The molecule has 31 heavy (non-hydrogen) atoms. The first-order valence-corrected chi connectivity index (χ1v) is 10.4. The average Bonchev–Trinajstić information content (AvgIpc) is 3.22. The molecule has 0 bridgehead atoms. The van der Waals surface area contributed by atoms with Crippen molar-refractivity contribution in [3.05, 3.63) is 47.5 Å². The van der Waals surface area contributed by atoms with Gasteiger partial charge in [-0.3, -0.25) is 9.89 Å². The predicted molar refractivity (Wildman–Crippen MR) is 118 cm³/mol. The summed E-state index contributed by atoms with van der Waals surface area (Å²) < 4.78 is 5.05. The van der Waals surface area contributed by atoms with Crippen molar-refractivity contribution in [2.45, 2.75) is 33.3 Å². The first kappa shape index (κ1) is 20.9. The minimum Gasteiger partial charge on any atom is -0.377 e. The molecule has 9 heteroatoms. The van der Waals surface area contributed by atoms with Crippen LogP contribution in [-0.4, -0.2) is 51.3 Å². The van der Waals surface area contributed by atoms with Crippen LogP contribution in [0, 0.1) is 19.8 Å². The molecule has 1 aromatic carbocycles. The van der Waals surface area contributed by atoms with E-state index in [-0.39, 0.29) is 11.8 Å². The highest BCUT2D eigenvalue weighted by Crippen LogP contribution is 2.23. The van der Waals surface area contributed by atoms with Crippen LogP contribution in [-0.2, 0) is 16.1 Å². The van der Waals surface area contributed by atoms with Gasteiger partial charge in [0, 0.05) is 42.8 Å². The van der Waals surface area contributed by atoms with Crippen molar-refractivity contribution in [1.29, 1.82) is 0 Å². The quantitative estimate of drug-likeness (QED) is 0.630. The number of nitrogens with zero attached hydrogens (tertiary/aromatic N) is 5. The largest absolute Gasteiger partial charge is 0.377 e. The van der Waals surface area contributed by atoms with Gasteiger partial charge in [-0.15, -0.1) is 0 Å². The Kier molecular flexibility index (Phi) is 6.22. The summed E-state index contributed by atoms with van der Waals surface area (Å²) in [5, 5.41) is 10.1. The number of nitrogens with one attached hydrogen (secondary N) is 2. The molecule has 3 aromatic rings. The van der Waals surface area contributed by atoms with Crippen LogP contribution in [0.3, 0.4) is 0 Å². The van der Waals surface area contributed by atoms with E-state index in [1.165, 1.54) is 0 Å². The molecule has 162 valence electrons. The third-order valence-electron chi connectivity index (χ3n) is 5.27. The summed E-state index contributed by atoms with van der Waals surface area (Å²) in [6.45, 7) is 5.79. The Morgan fingerprint density at radius 3 is 2.65 bits per heavy atom. The van der Waals surface area contributed by atoms with Crippen molar-refractivity contribution in [3.8, 4) is 11.4 Å². The van der Waals surface area contributed by atoms with Gasteiger partial charge >= 0.3 is 0 Å². The molecule has 0 saturated carbocycles. The normalized spacial score (nSPS) is 16.4. The zero-order valence-corrected chi connectivity index (χ0v) is 18.1. The van der Waals surface area contributed by atoms with Gasteiger partial charge in [-0.2, -0.15) is 5.10 Å². The molecular weight excluding hydrogens is 394 g/mol. The molecule has 3 heterocycles. The molecule has 1 atom stereocenters. The minimum absolute atomic E-state index is 0.0158. The van der Waals surface area contributed by atoms with Gasteiger partial charge in [-0.25, -0.2) is 15.0 Å². The van der Waals surface area contributed by atoms with Gasteiger partial charge in [0.1, 0.15) is 6.61 Å². The lowest BCUT2D eigenvalue weighted by molar-refractivity contribution is -0.120. The zero-order valence-electron chi connectivity index (χ0n) is 18.1. The molecule has 1 aliphatic rings. The van der Waals surface area contributed by atoms with Crippen LogP contribution in [0.25, 0.3) is 11.4 Å². The molecule has 0 spiro atoms. The SMILES string of the molecule is COCc1nc(-c2ccc(NC(=O)[C@@H]3CCCN(c4nc(C)cc(C)n4)C3)cc2)n[nH]1. The number of aromatic amines is 1. The van der Waals surface area contributed by atoms with Crippen LogP contribution in [0.2, 0.25) is 0 Å². The number of aromatic nitrogens is 5. The Hall–Kier alpha value is -3.33. The van der Waals surface area contributed by atoms with Crippen molar-refractivity contribution >= 4 is 17.5 Å². The monoisotopic (exact) mass is 421 g/mol. The Morgan fingerprint density at radius 2 is 1.94 bits per heavy atom. The number of methoxy groups -OCH3 is 1. The van der Waals surface area contributed by atoms with Gasteiger partial charge in [0.2, 0.25) is 11.9 Å². The van der Waals surface area contributed by atoms with Crippen molar-refractivity contribution in [1.82, 2.24) is 25.1 Å². The van der Waals surface area contributed by atoms with Gasteiger partial charge in [0.25, 0.3) is 0 Å². The van der Waals surface area contributed by atoms with Crippen molar-refractivity contribution in [3.63, 3.8) is 0 Å². The number of benzene rings is 1. The number of hydrogen-bond acceptors (Lipinski definition) is 7. The number of hydrogen-bond donors (Lipinski definition) is 2. The summed E-state index contributed by atoms with van der Waals surface area (Å²) in [6, 6.07) is 9.48. The van der Waals surface area contributed by atoms with Crippen molar-refractivity contribution in [2.24, 2.45) is 5.92 Å². The van der Waals surface area contributed by atoms with E-state index in [1.807, 2.05) is 44.2 Å². The van der Waals surface area contributed by atoms with Gasteiger partial charge in [0.05, 0.1) is 5.92 Å². The molecule has 2 aromatic heterocycles. The first-order valence-electron chi connectivity index (χ1n) is 10.4. The highest BCUT2D eigenvalue weighted by atomic mass is 16.5. The highest BCUT2D eigenvalue weighted by molar-refractivity contribution is 5.93. The molecular formula is C22H27N7O2. The first-order chi connectivity index (χ1) is 15.0. The average molecular weight is 422 g/mol. The maximum absolute atomic E-state index is 12.9. The lowest BCUT2D eigenvalue weighted by Gasteiger charge is -2.32. The third kappa shape index (κ3) is 5.05. The molecule has 0 unspecified atom stereocenters. The number of H-pyrrole nitrogens is 1. The van der Waals surface area contributed by atoms with Gasteiger partial charge < -0.3 is 15.0 Å². The second kappa shape index (κ2) is 9.22. The summed E-state index contributed by atoms with van der Waals surface area (Å²) in [7, 11) is 1.61. The van der Waals surface area contributed by atoms with Crippen molar-refractivity contribution in [2.75, 3.05) is 30.4 Å². The van der Waals surface area contributed by atoms with E-state index >= 15 is 0 Å². The maximum atomic E-state index is 12.9. The van der Waals surface area contributed by atoms with E-state index < -0.39 is 0 Å². The summed E-state index contributed by atoms with van der Waals surface area (Å²) in [6.07, 6.45) is 1.78. The molecule has 0 aliphatic carbocycles. The number of amides is 1. The van der Waals surface area contributed by atoms with Crippen LogP contribution < -0.4 is 10.2 Å². The molecule has 1 aliphatic heterocycles. The minimum atomic E-state index is -0.109. The Morgan fingerprint density at radius 1 is 1.19 bits per heavy atom.